The SMILES string of the molecule is CC.CCCC/C(=C\C(C)=N)COc1ccc(-c2ccc3nc(-c4cccnc4)nc(NC)c3c2)cc1. The standard InChI is InChI=1S/C29H31N5O.C2H6/c1-4-5-7-21(16-20(2)30)19-35-25-12-9-22(10-13-25)23-11-14-27-26(17-23)29(31-3)34-28(33-27)24-8-6-15-32-18-24;1-2/h6,8-18,30H,4-5,7,19H2,1-3H3,(H,31,33,34);1-2H3/b21-16+,30-20?;. The van der Waals surface area contributed by atoms with Crippen molar-refractivity contribution in [3.63, 3.8) is 0 Å². The van der Waals surface area contributed by atoms with E-state index in [4.69, 9.17) is 20.1 Å². The lowest BCUT2D eigenvalue weighted by atomic mass is 10.0. The van der Waals surface area contributed by atoms with Crippen molar-refractivity contribution < 1.29 is 4.74 Å². The van der Waals surface area contributed by atoms with Crippen molar-refractivity contribution in [2.75, 3.05) is 19.0 Å². The first-order valence-corrected chi connectivity index (χ1v) is 12.9. The van der Waals surface area contributed by atoms with Crippen molar-refractivity contribution in [2.45, 2.75) is 47.0 Å². The third-order valence-corrected chi connectivity index (χ3v) is 5.74. The van der Waals surface area contributed by atoms with Crippen LogP contribution in [-0.4, -0.2) is 34.3 Å². The van der Waals surface area contributed by atoms with Gasteiger partial charge in [-0.3, -0.25) is 4.98 Å². The normalized spacial score (nSPS) is 11.0. The van der Waals surface area contributed by atoms with E-state index in [9.17, 15) is 0 Å². The van der Waals surface area contributed by atoms with Crippen LogP contribution in [0.3, 0.4) is 0 Å². The molecule has 4 aromatic rings. The molecular formula is C31H37N5O. The summed E-state index contributed by atoms with van der Waals surface area (Å²) in [6.07, 6.45) is 8.62. The van der Waals surface area contributed by atoms with E-state index in [0.717, 1.165) is 64.0 Å². The lowest BCUT2D eigenvalue weighted by Crippen LogP contribution is -2.03. The summed E-state index contributed by atoms with van der Waals surface area (Å²) in [5.41, 5.74) is 5.65. The van der Waals surface area contributed by atoms with Gasteiger partial charge in [0.15, 0.2) is 5.82 Å². The smallest absolute Gasteiger partial charge is 0.163 e. The van der Waals surface area contributed by atoms with Gasteiger partial charge >= 0.3 is 0 Å². The third-order valence-electron chi connectivity index (χ3n) is 5.74. The fraction of sp³-hybridized carbons (Fsp3) is 0.290. The topological polar surface area (TPSA) is 83.8 Å². The molecular weight excluding hydrogens is 458 g/mol. The number of pyridine rings is 1. The Bertz CT molecular complexity index is 1330. The average Bonchev–Trinajstić information content (AvgIpc) is 2.95. The second kappa shape index (κ2) is 13.9. The summed E-state index contributed by atoms with van der Waals surface area (Å²) in [6, 6.07) is 18.2. The zero-order valence-electron chi connectivity index (χ0n) is 22.5. The van der Waals surface area contributed by atoms with E-state index in [1.165, 1.54) is 0 Å². The maximum Gasteiger partial charge on any atom is 0.163 e. The van der Waals surface area contributed by atoms with E-state index in [0.29, 0.717) is 18.1 Å². The monoisotopic (exact) mass is 495 g/mol. The third kappa shape index (κ3) is 7.46. The molecule has 6 nitrogen and oxygen atoms in total. The molecule has 0 unspecified atom stereocenters. The van der Waals surface area contributed by atoms with Crippen LogP contribution in [0.2, 0.25) is 0 Å². The Morgan fingerprint density at radius 3 is 2.41 bits per heavy atom. The molecule has 0 saturated heterocycles. The second-order valence-electron chi connectivity index (χ2n) is 8.52. The van der Waals surface area contributed by atoms with Gasteiger partial charge in [0.1, 0.15) is 18.2 Å². The molecule has 0 spiro atoms. The molecule has 0 bridgehead atoms. The molecule has 0 fully saturated rings. The number of allylic oxidation sites excluding steroid dienone is 1. The first kappa shape index (κ1) is 27.5. The van der Waals surface area contributed by atoms with E-state index < -0.39 is 0 Å². The van der Waals surface area contributed by atoms with Gasteiger partial charge in [0.05, 0.1) is 5.52 Å². The van der Waals surface area contributed by atoms with Crippen LogP contribution in [0.4, 0.5) is 5.82 Å². The Labute approximate surface area is 220 Å². The van der Waals surface area contributed by atoms with E-state index in [1.54, 1.807) is 19.3 Å². The molecule has 6 heteroatoms. The minimum Gasteiger partial charge on any atom is -0.489 e. The molecule has 37 heavy (non-hydrogen) atoms. The number of nitrogens with one attached hydrogen (secondary N) is 2. The van der Waals surface area contributed by atoms with Crippen molar-refractivity contribution >= 4 is 22.4 Å². The van der Waals surface area contributed by atoms with Gasteiger partial charge < -0.3 is 15.5 Å². The van der Waals surface area contributed by atoms with Gasteiger partial charge in [-0.15, -0.1) is 0 Å². The number of rotatable bonds is 10. The van der Waals surface area contributed by atoms with Gasteiger partial charge in [0, 0.05) is 36.1 Å². The number of ether oxygens (including phenoxy) is 1. The van der Waals surface area contributed by atoms with Gasteiger partial charge in [-0.05, 0) is 78.9 Å². The van der Waals surface area contributed by atoms with Crippen LogP contribution in [0.1, 0.15) is 47.0 Å². The summed E-state index contributed by atoms with van der Waals surface area (Å²) < 4.78 is 6.02. The molecule has 0 aliphatic carbocycles. The Morgan fingerprint density at radius 2 is 1.76 bits per heavy atom. The Kier molecular flexibility index (Phi) is 10.3. The molecule has 0 aliphatic heterocycles. The fourth-order valence-corrected chi connectivity index (χ4v) is 3.94. The number of nitrogens with zero attached hydrogens (tertiary/aromatic N) is 3. The molecule has 0 aliphatic rings. The zero-order chi connectivity index (χ0) is 26.6. The Morgan fingerprint density at radius 1 is 1.00 bits per heavy atom. The molecule has 4 rings (SSSR count). The Hall–Kier alpha value is -4.06. The van der Waals surface area contributed by atoms with E-state index in [-0.39, 0.29) is 0 Å². The molecule has 0 saturated carbocycles. The molecule has 0 atom stereocenters. The van der Waals surface area contributed by atoms with Gasteiger partial charge in [-0.2, -0.15) is 0 Å². The molecule has 2 heterocycles. The van der Waals surface area contributed by atoms with Crippen molar-refractivity contribution in [3.8, 4) is 28.3 Å². The summed E-state index contributed by atoms with van der Waals surface area (Å²) in [7, 11) is 1.87. The van der Waals surface area contributed by atoms with Crippen molar-refractivity contribution in [1.29, 1.82) is 5.41 Å². The highest BCUT2D eigenvalue weighted by Gasteiger charge is 2.10. The van der Waals surface area contributed by atoms with Crippen LogP contribution in [0, 0.1) is 5.41 Å². The summed E-state index contributed by atoms with van der Waals surface area (Å²) in [6.45, 7) is 8.48. The van der Waals surface area contributed by atoms with Crippen LogP contribution in [-0.2, 0) is 0 Å². The Balaban J connectivity index is 0.00000186. The summed E-state index contributed by atoms with van der Waals surface area (Å²) in [5.74, 6) is 2.25. The number of fused-ring (bicyclic) bond motifs is 1. The number of aromatic nitrogens is 3. The molecule has 0 amide bonds. The summed E-state index contributed by atoms with van der Waals surface area (Å²) >= 11 is 0. The highest BCUT2D eigenvalue weighted by Crippen LogP contribution is 2.30. The first-order chi connectivity index (χ1) is 18.1. The second-order valence-corrected chi connectivity index (χ2v) is 8.52. The van der Waals surface area contributed by atoms with Crippen LogP contribution in [0.15, 0.2) is 78.6 Å². The predicted octanol–water partition coefficient (Wildman–Crippen LogP) is 7.96. The largest absolute Gasteiger partial charge is 0.489 e. The molecule has 2 aromatic carbocycles. The molecule has 192 valence electrons. The van der Waals surface area contributed by atoms with Gasteiger partial charge in [-0.25, -0.2) is 9.97 Å². The van der Waals surface area contributed by atoms with Crippen molar-refractivity contribution in [1.82, 2.24) is 15.0 Å². The number of unbranched alkanes of at least 4 members (excludes halogenated alkanes) is 1. The van der Waals surface area contributed by atoms with Crippen LogP contribution in [0.25, 0.3) is 33.4 Å². The van der Waals surface area contributed by atoms with Crippen LogP contribution < -0.4 is 10.1 Å². The minimum absolute atomic E-state index is 0.508. The number of hydrogen-bond acceptors (Lipinski definition) is 6. The molecule has 2 aromatic heterocycles. The lowest BCUT2D eigenvalue weighted by Gasteiger charge is -2.12. The zero-order valence-corrected chi connectivity index (χ0v) is 22.5. The average molecular weight is 496 g/mol. The number of anilines is 1. The molecule has 2 N–H and O–H groups in total. The van der Waals surface area contributed by atoms with Gasteiger partial charge in [0.2, 0.25) is 0 Å². The van der Waals surface area contributed by atoms with E-state index >= 15 is 0 Å². The molecule has 0 radical (unpaired) electrons. The van der Waals surface area contributed by atoms with Crippen molar-refractivity contribution in [3.05, 3.63) is 78.6 Å². The van der Waals surface area contributed by atoms with E-state index in [2.05, 4.69) is 41.5 Å². The van der Waals surface area contributed by atoms with Crippen molar-refractivity contribution in [2.24, 2.45) is 0 Å². The maximum absolute atomic E-state index is 7.76. The quantitative estimate of drug-likeness (QED) is 0.218. The maximum atomic E-state index is 7.76. The number of hydrogen-bond donors (Lipinski definition) is 2. The predicted molar refractivity (Wildman–Crippen MR) is 156 cm³/mol. The lowest BCUT2D eigenvalue weighted by molar-refractivity contribution is 0.346. The fourth-order valence-electron chi connectivity index (χ4n) is 3.94. The highest BCUT2D eigenvalue weighted by molar-refractivity contribution is 5.94. The van der Waals surface area contributed by atoms with Crippen LogP contribution in [0.5, 0.6) is 5.75 Å². The van der Waals surface area contributed by atoms with Crippen LogP contribution >= 0.6 is 0 Å². The van der Waals surface area contributed by atoms with Gasteiger partial charge in [-0.1, -0.05) is 45.4 Å². The van der Waals surface area contributed by atoms with Gasteiger partial charge in [0.25, 0.3) is 0 Å². The number of benzene rings is 2. The first-order valence-electron chi connectivity index (χ1n) is 12.9. The minimum atomic E-state index is 0.508. The van der Waals surface area contributed by atoms with E-state index in [1.807, 2.05) is 57.3 Å². The summed E-state index contributed by atoms with van der Waals surface area (Å²) in [5, 5.41) is 11.9. The highest BCUT2D eigenvalue weighted by atomic mass is 16.5. The summed E-state index contributed by atoms with van der Waals surface area (Å²) in [4.78, 5) is 13.7.